The van der Waals surface area contributed by atoms with Gasteiger partial charge in [0.25, 0.3) is 0 Å². The van der Waals surface area contributed by atoms with Crippen LogP contribution in [0.2, 0.25) is 5.02 Å². The van der Waals surface area contributed by atoms with Crippen LogP contribution in [0.3, 0.4) is 0 Å². The molecule has 108 valence electrons. The van der Waals surface area contributed by atoms with Crippen LogP contribution in [-0.4, -0.2) is 15.1 Å². The Labute approximate surface area is 133 Å². The summed E-state index contributed by atoms with van der Waals surface area (Å²) in [6.45, 7) is 1.89. The van der Waals surface area contributed by atoms with Crippen LogP contribution in [-0.2, 0) is 0 Å². The molecule has 1 unspecified atom stereocenters. The highest BCUT2D eigenvalue weighted by Gasteiger charge is 2.16. The number of aromatic nitrogens is 2. The molecule has 0 aliphatic heterocycles. The van der Waals surface area contributed by atoms with E-state index >= 15 is 0 Å². The molecule has 0 fully saturated rings. The number of imidazole rings is 1. The van der Waals surface area contributed by atoms with E-state index in [9.17, 15) is 9.90 Å². The first kappa shape index (κ1) is 14.4. The summed E-state index contributed by atoms with van der Waals surface area (Å²) in [5.41, 5.74) is 3.40. The second-order valence-corrected chi connectivity index (χ2v) is 6.17. The summed E-state index contributed by atoms with van der Waals surface area (Å²) in [5, 5.41) is 11.2. The van der Waals surface area contributed by atoms with E-state index in [4.69, 9.17) is 11.6 Å². The van der Waals surface area contributed by atoms with Crippen LogP contribution < -0.4 is 5.69 Å². The highest BCUT2D eigenvalue weighted by atomic mass is 79.9. The van der Waals surface area contributed by atoms with Crippen molar-refractivity contribution in [1.29, 1.82) is 0 Å². The number of aryl methyl sites for hydroxylation is 1. The van der Waals surface area contributed by atoms with Gasteiger partial charge in [0, 0.05) is 15.1 Å². The number of aliphatic hydroxyl groups excluding tert-OH is 1. The zero-order chi connectivity index (χ0) is 15.1. The molecule has 0 saturated heterocycles. The van der Waals surface area contributed by atoms with Gasteiger partial charge in [0.15, 0.2) is 0 Å². The fourth-order valence-corrected chi connectivity index (χ4v) is 2.98. The lowest BCUT2D eigenvalue weighted by molar-refractivity contribution is 0.219. The lowest BCUT2D eigenvalue weighted by atomic mass is 9.99. The van der Waals surface area contributed by atoms with Crippen molar-refractivity contribution in [3.8, 4) is 0 Å². The van der Waals surface area contributed by atoms with Gasteiger partial charge < -0.3 is 15.1 Å². The summed E-state index contributed by atoms with van der Waals surface area (Å²) < 4.78 is 0.727. The normalized spacial score (nSPS) is 12.8. The van der Waals surface area contributed by atoms with Crippen LogP contribution in [0.15, 0.2) is 39.6 Å². The summed E-state index contributed by atoms with van der Waals surface area (Å²) in [6.07, 6.45) is -0.807. The number of hydrogen-bond donors (Lipinski definition) is 3. The second-order valence-electron chi connectivity index (χ2n) is 4.91. The Kier molecular flexibility index (Phi) is 3.65. The van der Waals surface area contributed by atoms with E-state index in [0.717, 1.165) is 15.6 Å². The van der Waals surface area contributed by atoms with Crippen LogP contribution >= 0.6 is 27.5 Å². The van der Waals surface area contributed by atoms with Gasteiger partial charge in [0.2, 0.25) is 0 Å². The Morgan fingerprint density at radius 2 is 1.86 bits per heavy atom. The summed E-state index contributed by atoms with van der Waals surface area (Å²) in [6, 6.07) is 8.93. The zero-order valence-electron chi connectivity index (χ0n) is 11.1. The van der Waals surface area contributed by atoms with Crippen molar-refractivity contribution in [1.82, 2.24) is 9.97 Å². The largest absolute Gasteiger partial charge is 0.384 e. The quantitative estimate of drug-likeness (QED) is 0.647. The first-order chi connectivity index (χ1) is 9.95. The van der Waals surface area contributed by atoms with E-state index in [1.54, 1.807) is 24.3 Å². The van der Waals surface area contributed by atoms with Gasteiger partial charge in [-0.05, 0) is 36.2 Å². The molecule has 2 aromatic carbocycles. The third-order valence-electron chi connectivity index (χ3n) is 3.43. The average molecular weight is 368 g/mol. The highest BCUT2D eigenvalue weighted by Crippen LogP contribution is 2.32. The molecule has 0 bridgehead atoms. The summed E-state index contributed by atoms with van der Waals surface area (Å²) >= 11 is 9.44. The van der Waals surface area contributed by atoms with Crippen LogP contribution in [0.1, 0.15) is 22.8 Å². The van der Waals surface area contributed by atoms with Crippen molar-refractivity contribution in [3.63, 3.8) is 0 Å². The highest BCUT2D eigenvalue weighted by molar-refractivity contribution is 9.10. The van der Waals surface area contributed by atoms with Crippen molar-refractivity contribution >= 4 is 38.6 Å². The maximum atomic E-state index is 11.3. The van der Waals surface area contributed by atoms with Crippen molar-refractivity contribution in [2.45, 2.75) is 13.0 Å². The number of H-pyrrole nitrogens is 2. The van der Waals surface area contributed by atoms with Gasteiger partial charge in [-0.3, -0.25) is 0 Å². The summed E-state index contributed by atoms with van der Waals surface area (Å²) in [7, 11) is 0. The third kappa shape index (κ3) is 2.64. The molecule has 0 amide bonds. The first-order valence-electron chi connectivity index (χ1n) is 6.31. The SMILES string of the molecule is Cc1cc(C(O)c2cc3[nH]c(=O)[nH]c3cc2Br)ccc1Cl. The number of rotatable bonds is 2. The molecule has 4 nitrogen and oxygen atoms in total. The Morgan fingerprint density at radius 3 is 2.52 bits per heavy atom. The van der Waals surface area contributed by atoms with Crippen LogP contribution in [0, 0.1) is 6.92 Å². The topological polar surface area (TPSA) is 68.9 Å². The number of benzene rings is 2. The molecule has 0 spiro atoms. The average Bonchev–Trinajstić information content (AvgIpc) is 2.79. The molecule has 0 radical (unpaired) electrons. The lowest BCUT2D eigenvalue weighted by Gasteiger charge is -2.14. The Bertz CT molecular complexity index is 885. The van der Waals surface area contributed by atoms with Gasteiger partial charge in [-0.25, -0.2) is 4.79 Å². The maximum Gasteiger partial charge on any atom is 0.323 e. The predicted octanol–water partition coefficient (Wildman–Crippen LogP) is 3.66. The van der Waals surface area contributed by atoms with Gasteiger partial charge in [-0.1, -0.05) is 39.7 Å². The molecule has 3 rings (SSSR count). The maximum absolute atomic E-state index is 11.3. The van der Waals surface area contributed by atoms with E-state index in [2.05, 4.69) is 25.9 Å². The minimum Gasteiger partial charge on any atom is -0.384 e. The van der Waals surface area contributed by atoms with Crippen molar-refractivity contribution in [3.05, 3.63) is 67.0 Å². The number of halogens is 2. The van der Waals surface area contributed by atoms with Gasteiger partial charge in [0.1, 0.15) is 6.10 Å². The van der Waals surface area contributed by atoms with E-state index in [1.165, 1.54) is 0 Å². The van der Waals surface area contributed by atoms with E-state index < -0.39 is 6.10 Å². The number of fused-ring (bicyclic) bond motifs is 1. The molecule has 0 aliphatic carbocycles. The monoisotopic (exact) mass is 366 g/mol. The number of aliphatic hydroxyl groups is 1. The van der Waals surface area contributed by atoms with E-state index in [0.29, 0.717) is 21.6 Å². The van der Waals surface area contributed by atoms with Crippen LogP contribution in [0.5, 0.6) is 0 Å². The zero-order valence-corrected chi connectivity index (χ0v) is 13.4. The molecule has 6 heteroatoms. The molecule has 1 aromatic heterocycles. The lowest BCUT2D eigenvalue weighted by Crippen LogP contribution is -2.01. The molecule has 0 saturated carbocycles. The van der Waals surface area contributed by atoms with Gasteiger partial charge in [-0.15, -0.1) is 0 Å². The molecular formula is C15H12BrClN2O2. The minimum atomic E-state index is -0.807. The van der Waals surface area contributed by atoms with Crippen LogP contribution in [0.25, 0.3) is 11.0 Å². The van der Waals surface area contributed by atoms with Crippen molar-refractivity contribution in [2.24, 2.45) is 0 Å². The number of aromatic amines is 2. The summed E-state index contributed by atoms with van der Waals surface area (Å²) in [4.78, 5) is 16.7. The van der Waals surface area contributed by atoms with E-state index in [-0.39, 0.29) is 5.69 Å². The van der Waals surface area contributed by atoms with E-state index in [1.807, 2.05) is 13.0 Å². The van der Waals surface area contributed by atoms with Crippen molar-refractivity contribution < 1.29 is 5.11 Å². The second kappa shape index (κ2) is 5.33. The standard InChI is InChI=1S/C15H12BrClN2O2/c1-7-4-8(2-3-11(7)17)14(20)9-5-12-13(6-10(9)16)19-15(21)18-12/h2-6,14,20H,1H3,(H2,18,19,21). The molecule has 21 heavy (non-hydrogen) atoms. The molecular weight excluding hydrogens is 356 g/mol. The molecule has 3 aromatic rings. The first-order valence-corrected chi connectivity index (χ1v) is 7.48. The summed E-state index contributed by atoms with van der Waals surface area (Å²) in [5.74, 6) is 0. The molecule has 1 atom stereocenters. The Morgan fingerprint density at radius 1 is 1.19 bits per heavy atom. The smallest absolute Gasteiger partial charge is 0.323 e. The molecule has 1 heterocycles. The Balaban J connectivity index is 2.11. The number of nitrogens with one attached hydrogen (secondary N) is 2. The predicted molar refractivity (Wildman–Crippen MR) is 86.9 cm³/mol. The van der Waals surface area contributed by atoms with Crippen LogP contribution in [0.4, 0.5) is 0 Å². The Hall–Kier alpha value is -1.56. The van der Waals surface area contributed by atoms with Gasteiger partial charge >= 0.3 is 5.69 Å². The third-order valence-corrected chi connectivity index (χ3v) is 4.54. The minimum absolute atomic E-state index is 0.272. The molecule has 0 aliphatic rings. The molecule has 3 N–H and O–H groups in total. The van der Waals surface area contributed by atoms with Gasteiger partial charge in [0.05, 0.1) is 11.0 Å². The number of hydrogen-bond acceptors (Lipinski definition) is 2. The fourth-order valence-electron chi connectivity index (χ4n) is 2.30. The van der Waals surface area contributed by atoms with Crippen molar-refractivity contribution in [2.75, 3.05) is 0 Å². The fraction of sp³-hybridized carbons (Fsp3) is 0.133. The van der Waals surface area contributed by atoms with Gasteiger partial charge in [-0.2, -0.15) is 0 Å².